The van der Waals surface area contributed by atoms with Crippen molar-refractivity contribution in [2.24, 2.45) is 0 Å². The topological polar surface area (TPSA) is 89.5 Å². The molecule has 1 amide bonds. The first-order valence-electron chi connectivity index (χ1n) is 9.03. The summed E-state index contributed by atoms with van der Waals surface area (Å²) in [5.74, 6) is -0.403. The number of amides is 1. The fraction of sp³-hybridized carbons (Fsp3) is 0.0909. The number of carbonyl (C=O) groups excluding carboxylic acids is 1. The minimum atomic E-state index is -0.520. The van der Waals surface area contributed by atoms with Crippen molar-refractivity contribution in [1.29, 1.82) is 0 Å². The van der Waals surface area contributed by atoms with E-state index in [0.29, 0.717) is 5.69 Å². The van der Waals surface area contributed by atoms with Gasteiger partial charge in [-0.05, 0) is 49.2 Å². The quantitative estimate of drug-likeness (QED) is 0.404. The van der Waals surface area contributed by atoms with Gasteiger partial charge in [0.05, 0.1) is 10.6 Å². The average Bonchev–Trinajstić information content (AvgIpc) is 3.12. The van der Waals surface area contributed by atoms with Crippen molar-refractivity contribution in [2.45, 2.75) is 13.8 Å². The van der Waals surface area contributed by atoms with Crippen LogP contribution in [0.25, 0.3) is 16.9 Å². The number of benzene rings is 2. The second-order valence-corrected chi connectivity index (χ2v) is 6.89. The molecule has 2 heterocycles. The molecule has 0 bridgehead atoms. The van der Waals surface area contributed by atoms with Crippen molar-refractivity contribution in [3.05, 3.63) is 93.8 Å². The molecule has 0 aliphatic carbocycles. The molecule has 4 rings (SSSR count). The molecular formula is C22H18N4O3. The lowest BCUT2D eigenvalue weighted by molar-refractivity contribution is -0.384. The van der Waals surface area contributed by atoms with Crippen LogP contribution < -0.4 is 5.32 Å². The average molecular weight is 386 g/mol. The summed E-state index contributed by atoms with van der Waals surface area (Å²) in [6.45, 7) is 3.90. The van der Waals surface area contributed by atoms with Gasteiger partial charge in [0.1, 0.15) is 5.65 Å². The summed E-state index contributed by atoms with van der Waals surface area (Å²) >= 11 is 0. The number of aryl methyl sites for hydroxylation is 2. The summed E-state index contributed by atoms with van der Waals surface area (Å²) in [6, 6.07) is 15.4. The van der Waals surface area contributed by atoms with Gasteiger partial charge in [0.25, 0.3) is 11.6 Å². The normalized spacial score (nSPS) is 10.8. The third-order valence-electron chi connectivity index (χ3n) is 4.72. The molecule has 0 spiro atoms. The van der Waals surface area contributed by atoms with Gasteiger partial charge in [-0.25, -0.2) is 4.98 Å². The van der Waals surface area contributed by atoms with E-state index in [1.54, 1.807) is 6.07 Å². The number of hydrogen-bond donors (Lipinski definition) is 1. The number of nitro benzene ring substituents is 1. The van der Waals surface area contributed by atoms with Crippen molar-refractivity contribution >= 4 is 22.9 Å². The lowest BCUT2D eigenvalue weighted by Crippen LogP contribution is -2.13. The van der Waals surface area contributed by atoms with Gasteiger partial charge in [0.15, 0.2) is 0 Å². The summed E-state index contributed by atoms with van der Waals surface area (Å²) in [5.41, 5.74) is 5.26. The minimum Gasteiger partial charge on any atom is -0.322 e. The van der Waals surface area contributed by atoms with Crippen molar-refractivity contribution in [2.75, 3.05) is 5.32 Å². The summed E-state index contributed by atoms with van der Waals surface area (Å²) in [5, 5.41) is 13.8. The van der Waals surface area contributed by atoms with Crippen LogP contribution in [0.15, 0.2) is 67.0 Å². The fourth-order valence-electron chi connectivity index (χ4n) is 3.09. The first-order valence-corrected chi connectivity index (χ1v) is 9.03. The zero-order valence-electron chi connectivity index (χ0n) is 15.9. The Labute approximate surface area is 166 Å². The van der Waals surface area contributed by atoms with E-state index >= 15 is 0 Å². The van der Waals surface area contributed by atoms with Gasteiger partial charge in [-0.3, -0.25) is 14.9 Å². The molecule has 144 valence electrons. The highest BCUT2D eigenvalue weighted by Gasteiger charge is 2.14. The number of nitrogens with zero attached hydrogens (tertiary/aromatic N) is 3. The standard InChI is InChI=1S/C22H18N4O3/c1-14-8-9-25-13-20(23-21(25)10-14)16-7-6-15(2)19(12-16)24-22(27)17-4-3-5-18(11-17)26(28)29/h3-13H,1-2H3,(H,24,27). The van der Waals surface area contributed by atoms with Crippen LogP contribution in [0.4, 0.5) is 11.4 Å². The molecule has 0 radical (unpaired) electrons. The Morgan fingerprint density at radius 3 is 2.72 bits per heavy atom. The fourth-order valence-corrected chi connectivity index (χ4v) is 3.09. The Hall–Kier alpha value is -4.00. The molecule has 0 aliphatic heterocycles. The van der Waals surface area contributed by atoms with Crippen LogP contribution >= 0.6 is 0 Å². The number of carbonyl (C=O) groups is 1. The summed E-state index contributed by atoms with van der Waals surface area (Å²) in [7, 11) is 0. The highest BCUT2D eigenvalue weighted by Crippen LogP contribution is 2.26. The molecular weight excluding hydrogens is 368 g/mol. The molecule has 2 aromatic carbocycles. The van der Waals surface area contributed by atoms with Gasteiger partial charge in [-0.2, -0.15) is 0 Å². The molecule has 29 heavy (non-hydrogen) atoms. The summed E-state index contributed by atoms with van der Waals surface area (Å²) in [4.78, 5) is 27.7. The maximum atomic E-state index is 12.6. The lowest BCUT2D eigenvalue weighted by Gasteiger charge is -2.10. The van der Waals surface area contributed by atoms with Crippen LogP contribution in [0.2, 0.25) is 0 Å². The number of anilines is 1. The number of nitro groups is 1. The SMILES string of the molecule is Cc1ccn2cc(-c3ccc(C)c(NC(=O)c4cccc([N+](=O)[O-])c4)c3)nc2c1. The number of rotatable bonds is 4. The molecule has 0 saturated heterocycles. The molecule has 1 N–H and O–H groups in total. The lowest BCUT2D eigenvalue weighted by atomic mass is 10.1. The van der Waals surface area contributed by atoms with Crippen LogP contribution in [-0.4, -0.2) is 20.2 Å². The van der Waals surface area contributed by atoms with Gasteiger partial charge < -0.3 is 9.72 Å². The summed E-state index contributed by atoms with van der Waals surface area (Å²) in [6.07, 6.45) is 3.89. The van der Waals surface area contributed by atoms with Crippen LogP contribution in [0, 0.1) is 24.0 Å². The van der Waals surface area contributed by atoms with Crippen molar-refractivity contribution < 1.29 is 9.72 Å². The first kappa shape index (κ1) is 18.4. The Morgan fingerprint density at radius 2 is 1.93 bits per heavy atom. The molecule has 0 aliphatic rings. The number of imidazole rings is 1. The molecule has 0 fully saturated rings. The molecule has 4 aromatic rings. The number of fused-ring (bicyclic) bond motifs is 1. The van der Waals surface area contributed by atoms with Crippen molar-refractivity contribution in [3.8, 4) is 11.3 Å². The number of pyridine rings is 1. The Balaban J connectivity index is 1.65. The van der Waals surface area contributed by atoms with Gasteiger partial charge >= 0.3 is 0 Å². The number of aromatic nitrogens is 2. The number of hydrogen-bond acceptors (Lipinski definition) is 4. The minimum absolute atomic E-state index is 0.122. The van der Waals surface area contributed by atoms with E-state index in [9.17, 15) is 14.9 Å². The molecule has 0 unspecified atom stereocenters. The molecule has 0 atom stereocenters. The second-order valence-electron chi connectivity index (χ2n) is 6.89. The second kappa shape index (κ2) is 7.20. The monoisotopic (exact) mass is 386 g/mol. The van der Waals surface area contributed by atoms with E-state index in [4.69, 9.17) is 0 Å². The Bertz CT molecular complexity index is 1260. The van der Waals surface area contributed by atoms with Gasteiger partial charge in [-0.15, -0.1) is 0 Å². The zero-order valence-corrected chi connectivity index (χ0v) is 15.9. The van der Waals surface area contributed by atoms with E-state index < -0.39 is 10.8 Å². The van der Waals surface area contributed by atoms with E-state index in [1.807, 2.05) is 61.0 Å². The predicted octanol–water partition coefficient (Wildman–Crippen LogP) is 4.78. The molecule has 7 heteroatoms. The maximum absolute atomic E-state index is 12.6. The molecule has 7 nitrogen and oxygen atoms in total. The van der Waals surface area contributed by atoms with E-state index in [2.05, 4.69) is 10.3 Å². The van der Waals surface area contributed by atoms with Crippen LogP contribution in [0.3, 0.4) is 0 Å². The molecule has 0 saturated carbocycles. The van der Waals surface area contributed by atoms with Crippen molar-refractivity contribution in [3.63, 3.8) is 0 Å². The Morgan fingerprint density at radius 1 is 1.10 bits per heavy atom. The highest BCUT2D eigenvalue weighted by molar-refractivity contribution is 6.05. The smallest absolute Gasteiger partial charge is 0.270 e. The third-order valence-corrected chi connectivity index (χ3v) is 4.72. The maximum Gasteiger partial charge on any atom is 0.270 e. The van der Waals surface area contributed by atoms with E-state index in [-0.39, 0.29) is 11.3 Å². The van der Waals surface area contributed by atoms with Crippen LogP contribution in [0.1, 0.15) is 21.5 Å². The Kier molecular flexibility index (Phi) is 4.56. The largest absolute Gasteiger partial charge is 0.322 e. The third kappa shape index (κ3) is 3.70. The van der Waals surface area contributed by atoms with Crippen LogP contribution in [-0.2, 0) is 0 Å². The molecule has 2 aromatic heterocycles. The van der Waals surface area contributed by atoms with Crippen LogP contribution in [0.5, 0.6) is 0 Å². The van der Waals surface area contributed by atoms with E-state index in [0.717, 1.165) is 28.0 Å². The van der Waals surface area contributed by atoms with E-state index in [1.165, 1.54) is 18.2 Å². The van der Waals surface area contributed by atoms with Crippen molar-refractivity contribution in [1.82, 2.24) is 9.38 Å². The number of nitrogens with one attached hydrogen (secondary N) is 1. The highest BCUT2D eigenvalue weighted by atomic mass is 16.6. The zero-order chi connectivity index (χ0) is 20.5. The van der Waals surface area contributed by atoms with Gasteiger partial charge in [0, 0.05) is 41.3 Å². The first-order chi connectivity index (χ1) is 13.9. The predicted molar refractivity (Wildman–Crippen MR) is 111 cm³/mol. The summed E-state index contributed by atoms with van der Waals surface area (Å²) < 4.78 is 1.95. The van der Waals surface area contributed by atoms with Gasteiger partial charge in [0.2, 0.25) is 0 Å². The number of non-ortho nitro benzene ring substituents is 1. The van der Waals surface area contributed by atoms with Gasteiger partial charge in [-0.1, -0.05) is 18.2 Å².